The fourth-order valence-corrected chi connectivity index (χ4v) is 3.84. The van der Waals surface area contributed by atoms with Crippen molar-refractivity contribution in [2.45, 2.75) is 12.8 Å². The van der Waals surface area contributed by atoms with E-state index in [1.165, 1.54) is 18.5 Å². The molecule has 1 fully saturated rings. The number of rotatable bonds is 5. The Labute approximate surface area is 180 Å². The first-order chi connectivity index (χ1) is 15.2. The van der Waals surface area contributed by atoms with Crippen molar-refractivity contribution in [3.05, 3.63) is 67.0 Å². The number of hydrogen-bond acceptors (Lipinski definition) is 7. The molecule has 1 saturated heterocycles. The predicted molar refractivity (Wildman–Crippen MR) is 121 cm³/mol. The average Bonchev–Trinajstić information content (AvgIpc) is 3.34. The van der Waals surface area contributed by atoms with Crippen LogP contribution in [0.4, 0.5) is 17.1 Å². The Morgan fingerprint density at radius 3 is 2.29 bits per heavy atom. The Kier molecular flexibility index (Phi) is 5.00. The molecule has 0 atom stereocenters. The monoisotopic (exact) mass is 413 g/mol. The average molecular weight is 413 g/mol. The first-order valence-electron chi connectivity index (χ1n) is 10.3. The van der Waals surface area contributed by atoms with E-state index in [-0.39, 0.29) is 11.9 Å². The molecule has 5 rings (SSSR count). The number of fused-ring (bicyclic) bond motifs is 1. The molecule has 1 aliphatic heterocycles. The van der Waals surface area contributed by atoms with Crippen LogP contribution in [-0.4, -0.2) is 40.2 Å². The van der Waals surface area contributed by atoms with Crippen LogP contribution in [0.3, 0.4) is 0 Å². The van der Waals surface area contributed by atoms with Crippen molar-refractivity contribution in [2.24, 2.45) is 0 Å². The summed E-state index contributed by atoms with van der Waals surface area (Å²) in [7, 11) is 2.04. The van der Waals surface area contributed by atoms with Crippen LogP contribution in [0.2, 0.25) is 0 Å². The standard InChI is InChI=1S/C24H23N5O2/c1-28(17-4-6-19(7-5-17)29-14-2-3-15-29)18-8-10-20(11-9-18)31-24-26-22-16-25-13-12-21(22)23(30)27-24/h4-13,16H,2-3,14-15H2,1H3,(H,26,27,30). The summed E-state index contributed by atoms with van der Waals surface area (Å²) >= 11 is 0. The second-order valence-corrected chi connectivity index (χ2v) is 7.59. The fourth-order valence-electron chi connectivity index (χ4n) is 3.84. The van der Waals surface area contributed by atoms with Gasteiger partial charge < -0.3 is 19.6 Å². The van der Waals surface area contributed by atoms with E-state index < -0.39 is 0 Å². The van der Waals surface area contributed by atoms with Crippen LogP contribution < -0.4 is 14.5 Å². The highest BCUT2D eigenvalue weighted by molar-refractivity contribution is 5.82. The summed E-state index contributed by atoms with van der Waals surface area (Å²) in [5.74, 6) is 0.459. The number of aromatic hydroxyl groups is 1. The summed E-state index contributed by atoms with van der Waals surface area (Å²) in [6, 6.07) is 18.1. The molecular formula is C24H23N5O2. The van der Waals surface area contributed by atoms with Gasteiger partial charge in [0.1, 0.15) is 5.75 Å². The van der Waals surface area contributed by atoms with Gasteiger partial charge in [0.15, 0.2) is 0 Å². The lowest BCUT2D eigenvalue weighted by molar-refractivity contribution is 0.412. The number of benzene rings is 2. The number of hydrogen-bond donors (Lipinski definition) is 1. The molecule has 1 N–H and O–H groups in total. The maximum Gasteiger partial charge on any atom is 0.325 e. The predicted octanol–water partition coefficient (Wildman–Crippen LogP) is 4.89. The second-order valence-electron chi connectivity index (χ2n) is 7.59. The van der Waals surface area contributed by atoms with Crippen molar-refractivity contribution >= 4 is 28.0 Å². The van der Waals surface area contributed by atoms with Crippen LogP contribution in [0.25, 0.3) is 10.9 Å². The minimum absolute atomic E-state index is 0.0802. The van der Waals surface area contributed by atoms with Crippen molar-refractivity contribution in [2.75, 3.05) is 29.9 Å². The fraction of sp³-hybridized carbons (Fsp3) is 0.208. The quantitative estimate of drug-likeness (QED) is 0.499. The highest BCUT2D eigenvalue weighted by Crippen LogP contribution is 2.30. The molecule has 156 valence electrons. The molecule has 7 nitrogen and oxygen atoms in total. The Morgan fingerprint density at radius 1 is 0.903 bits per heavy atom. The van der Waals surface area contributed by atoms with Crippen molar-refractivity contribution in [3.8, 4) is 17.6 Å². The smallest absolute Gasteiger partial charge is 0.325 e. The second kappa shape index (κ2) is 8.10. The molecule has 31 heavy (non-hydrogen) atoms. The third-order valence-corrected chi connectivity index (χ3v) is 5.60. The van der Waals surface area contributed by atoms with Gasteiger partial charge in [-0.3, -0.25) is 4.98 Å². The third kappa shape index (κ3) is 3.94. The van der Waals surface area contributed by atoms with Crippen molar-refractivity contribution in [3.63, 3.8) is 0 Å². The molecule has 0 aliphatic carbocycles. The van der Waals surface area contributed by atoms with Crippen LogP contribution in [0.15, 0.2) is 67.0 Å². The lowest BCUT2D eigenvalue weighted by atomic mass is 10.2. The van der Waals surface area contributed by atoms with E-state index in [1.54, 1.807) is 18.5 Å². The van der Waals surface area contributed by atoms with Gasteiger partial charge in [0.05, 0.1) is 17.1 Å². The zero-order valence-electron chi connectivity index (χ0n) is 17.3. The van der Waals surface area contributed by atoms with Gasteiger partial charge in [-0.05, 0) is 67.4 Å². The minimum Gasteiger partial charge on any atom is -0.493 e. The third-order valence-electron chi connectivity index (χ3n) is 5.60. The van der Waals surface area contributed by atoms with E-state index in [9.17, 15) is 5.11 Å². The summed E-state index contributed by atoms with van der Waals surface area (Å²) in [5.41, 5.74) is 3.96. The molecule has 7 heteroatoms. The normalized spacial score (nSPS) is 13.5. The zero-order chi connectivity index (χ0) is 21.2. The van der Waals surface area contributed by atoms with E-state index in [4.69, 9.17) is 4.74 Å². The number of ether oxygens (including phenoxy) is 1. The number of pyridine rings is 1. The van der Waals surface area contributed by atoms with Crippen LogP contribution in [0.1, 0.15) is 12.8 Å². The van der Waals surface area contributed by atoms with Crippen molar-refractivity contribution in [1.29, 1.82) is 0 Å². The van der Waals surface area contributed by atoms with E-state index in [0.29, 0.717) is 16.7 Å². The molecule has 1 aliphatic rings. The Bertz CT molecular complexity index is 1190. The van der Waals surface area contributed by atoms with Gasteiger partial charge in [-0.25, -0.2) is 0 Å². The van der Waals surface area contributed by atoms with E-state index in [1.807, 2.05) is 31.3 Å². The molecule has 0 spiro atoms. The molecule has 0 amide bonds. The van der Waals surface area contributed by atoms with Crippen molar-refractivity contribution in [1.82, 2.24) is 15.0 Å². The molecule has 0 unspecified atom stereocenters. The summed E-state index contributed by atoms with van der Waals surface area (Å²) in [4.78, 5) is 16.9. The van der Waals surface area contributed by atoms with E-state index >= 15 is 0 Å². The largest absolute Gasteiger partial charge is 0.493 e. The van der Waals surface area contributed by atoms with Gasteiger partial charge in [-0.15, -0.1) is 0 Å². The molecule has 4 aromatic rings. The number of aromatic nitrogens is 3. The van der Waals surface area contributed by atoms with Gasteiger partial charge in [0, 0.05) is 43.4 Å². The summed E-state index contributed by atoms with van der Waals surface area (Å²) < 4.78 is 5.75. The van der Waals surface area contributed by atoms with Crippen LogP contribution >= 0.6 is 0 Å². The molecule has 2 aromatic carbocycles. The Hall–Kier alpha value is -3.87. The maximum absolute atomic E-state index is 10.1. The Balaban J connectivity index is 1.30. The summed E-state index contributed by atoms with van der Waals surface area (Å²) in [6.45, 7) is 2.29. The number of nitrogens with zero attached hydrogens (tertiary/aromatic N) is 5. The first-order valence-corrected chi connectivity index (χ1v) is 10.3. The van der Waals surface area contributed by atoms with Crippen molar-refractivity contribution < 1.29 is 9.84 Å². The van der Waals surface area contributed by atoms with Gasteiger partial charge in [-0.1, -0.05) is 0 Å². The molecule has 0 bridgehead atoms. The highest BCUT2D eigenvalue weighted by Gasteiger charge is 2.13. The molecule has 0 radical (unpaired) electrons. The van der Waals surface area contributed by atoms with Gasteiger partial charge >= 0.3 is 6.01 Å². The maximum atomic E-state index is 10.1. The number of anilines is 3. The summed E-state index contributed by atoms with van der Waals surface area (Å²) in [6.07, 6.45) is 5.70. The highest BCUT2D eigenvalue weighted by atomic mass is 16.5. The molecule has 2 aromatic heterocycles. The zero-order valence-corrected chi connectivity index (χ0v) is 17.3. The van der Waals surface area contributed by atoms with E-state index in [0.717, 1.165) is 24.5 Å². The van der Waals surface area contributed by atoms with Crippen LogP contribution in [0, 0.1) is 0 Å². The van der Waals surface area contributed by atoms with Gasteiger partial charge in [0.2, 0.25) is 5.88 Å². The van der Waals surface area contributed by atoms with E-state index in [2.05, 4.69) is 49.0 Å². The SMILES string of the molecule is CN(c1ccc(Oc2nc(O)c3ccncc3n2)cc1)c1ccc(N2CCCC2)cc1. The minimum atomic E-state index is -0.129. The Morgan fingerprint density at radius 2 is 1.58 bits per heavy atom. The van der Waals surface area contributed by atoms with Gasteiger partial charge in [-0.2, -0.15) is 9.97 Å². The lowest BCUT2D eigenvalue weighted by Gasteiger charge is -2.22. The van der Waals surface area contributed by atoms with Crippen LogP contribution in [0.5, 0.6) is 17.6 Å². The summed E-state index contributed by atoms with van der Waals surface area (Å²) in [5, 5.41) is 10.6. The molecule has 3 heterocycles. The molecular weight excluding hydrogens is 390 g/mol. The lowest BCUT2D eigenvalue weighted by Crippen LogP contribution is -2.17. The molecule has 0 saturated carbocycles. The topological polar surface area (TPSA) is 74.6 Å². The van der Waals surface area contributed by atoms with Crippen LogP contribution in [-0.2, 0) is 0 Å². The first kappa shape index (κ1) is 19.1. The van der Waals surface area contributed by atoms with Gasteiger partial charge in [0.25, 0.3) is 0 Å².